The zero-order valence-corrected chi connectivity index (χ0v) is 17.5. The molecule has 1 N–H and O–H groups in total. The smallest absolute Gasteiger partial charge is 0.387 e. The van der Waals surface area contributed by atoms with E-state index in [1.54, 1.807) is 37.5 Å². The predicted molar refractivity (Wildman–Crippen MR) is 115 cm³/mol. The zero-order chi connectivity index (χ0) is 22.4. The topological polar surface area (TPSA) is 80.2 Å². The molecule has 0 aliphatic carbocycles. The van der Waals surface area contributed by atoms with E-state index in [1.807, 2.05) is 0 Å². The highest BCUT2D eigenvalue weighted by Gasteiger charge is 2.32. The highest BCUT2D eigenvalue weighted by Crippen LogP contribution is 2.31. The molecule has 2 aromatic rings. The summed E-state index contributed by atoms with van der Waals surface area (Å²) in [5, 5.41) is 2.81. The van der Waals surface area contributed by atoms with Crippen molar-refractivity contribution in [1.82, 2.24) is 5.32 Å². The normalized spacial score (nSPS) is 14.7. The van der Waals surface area contributed by atoms with Gasteiger partial charge in [0.1, 0.15) is 17.2 Å². The number of ether oxygens (including phenoxy) is 2. The largest absolute Gasteiger partial charge is 0.497 e. The molecule has 1 heterocycles. The predicted octanol–water partition coefficient (Wildman–Crippen LogP) is 3.52. The standard InChI is InChI=1S/C21H19F2N3O4S/c1-24-18(27)12-31-21-25-17(11-13-3-7-15(29-2)8-4-13)19(28)26(21)14-5-9-16(10-6-14)30-20(22)23/h3-11,20H,12H2,1-2H3,(H,24,27). The summed E-state index contributed by atoms with van der Waals surface area (Å²) >= 11 is 1.09. The number of carbonyl (C=O) groups is 2. The number of amidine groups is 1. The van der Waals surface area contributed by atoms with Gasteiger partial charge in [-0.2, -0.15) is 8.78 Å². The number of amides is 2. The van der Waals surface area contributed by atoms with Gasteiger partial charge >= 0.3 is 6.61 Å². The second-order valence-corrected chi connectivity index (χ2v) is 7.11. The van der Waals surface area contributed by atoms with E-state index in [-0.39, 0.29) is 23.1 Å². The molecule has 10 heteroatoms. The molecule has 0 saturated heterocycles. The first-order valence-corrected chi connectivity index (χ1v) is 10.1. The minimum Gasteiger partial charge on any atom is -0.497 e. The molecule has 2 aromatic carbocycles. The molecule has 0 aromatic heterocycles. The summed E-state index contributed by atoms with van der Waals surface area (Å²) < 4.78 is 34.3. The van der Waals surface area contributed by atoms with E-state index in [0.29, 0.717) is 16.6 Å². The van der Waals surface area contributed by atoms with Gasteiger partial charge in [0.25, 0.3) is 5.91 Å². The maximum absolute atomic E-state index is 13.1. The number of hydrogen-bond donors (Lipinski definition) is 1. The molecule has 0 radical (unpaired) electrons. The number of benzene rings is 2. The molecule has 0 atom stereocenters. The van der Waals surface area contributed by atoms with Crippen molar-refractivity contribution < 1.29 is 27.8 Å². The summed E-state index contributed by atoms with van der Waals surface area (Å²) in [5.41, 5.74) is 1.33. The van der Waals surface area contributed by atoms with Crippen LogP contribution in [0, 0.1) is 0 Å². The lowest BCUT2D eigenvalue weighted by Crippen LogP contribution is -2.31. The third-order valence-corrected chi connectivity index (χ3v) is 5.12. The number of methoxy groups -OCH3 is 1. The number of nitrogens with one attached hydrogen (secondary N) is 1. The molecule has 7 nitrogen and oxygen atoms in total. The van der Waals surface area contributed by atoms with Crippen molar-refractivity contribution in [2.75, 3.05) is 24.8 Å². The fourth-order valence-electron chi connectivity index (χ4n) is 2.66. The van der Waals surface area contributed by atoms with Crippen molar-refractivity contribution in [2.45, 2.75) is 6.61 Å². The molecular formula is C21H19F2N3O4S. The van der Waals surface area contributed by atoms with Gasteiger partial charge in [-0.1, -0.05) is 23.9 Å². The first-order valence-electron chi connectivity index (χ1n) is 9.08. The maximum Gasteiger partial charge on any atom is 0.387 e. The Morgan fingerprint density at radius 1 is 1.16 bits per heavy atom. The Morgan fingerprint density at radius 3 is 2.39 bits per heavy atom. The Balaban J connectivity index is 1.90. The second-order valence-electron chi connectivity index (χ2n) is 6.17. The number of thioether (sulfide) groups is 1. The number of halogens is 2. The zero-order valence-electron chi connectivity index (χ0n) is 16.7. The van der Waals surface area contributed by atoms with Crippen LogP contribution in [0.5, 0.6) is 11.5 Å². The molecule has 162 valence electrons. The third kappa shape index (κ3) is 5.60. The van der Waals surface area contributed by atoms with Crippen LogP contribution < -0.4 is 19.7 Å². The van der Waals surface area contributed by atoms with Gasteiger partial charge in [-0.15, -0.1) is 0 Å². The van der Waals surface area contributed by atoms with Crippen molar-refractivity contribution in [3.63, 3.8) is 0 Å². The molecule has 1 aliphatic heterocycles. The van der Waals surface area contributed by atoms with E-state index < -0.39 is 12.5 Å². The SMILES string of the molecule is CNC(=O)CSC1=NC(=Cc2ccc(OC)cc2)C(=O)N1c1ccc(OC(F)F)cc1. The van der Waals surface area contributed by atoms with Gasteiger partial charge in [0.2, 0.25) is 5.91 Å². The number of rotatable bonds is 7. The molecule has 31 heavy (non-hydrogen) atoms. The molecule has 0 spiro atoms. The first-order chi connectivity index (χ1) is 14.9. The Bertz CT molecular complexity index is 1010. The first kappa shape index (κ1) is 22.3. The molecule has 2 amide bonds. The lowest BCUT2D eigenvalue weighted by molar-refractivity contribution is -0.118. The van der Waals surface area contributed by atoms with Gasteiger partial charge in [0, 0.05) is 7.05 Å². The average molecular weight is 447 g/mol. The van der Waals surface area contributed by atoms with Crippen LogP contribution in [-0.4, -0.2) is 43.5 Å². The molecule has 0 saturated carbocycles. The third-order valence-electron chi connectivity index (χ3n) is 4.18. The van der Waals surface area contributed by atoms with E-state index in [9.17, 15) is 18.4 Å². The lowest BCUT2D eigenvalue weighted by atomic mass is 10.2. The van der Waals surface area contributed by atoms with Crippen molar-refractivity contribution >= 4 is 40.5 Å². The number of anilines is 1. The minimum absolute atomic E-state index is 0.0316. The second kappa shape index (κ2) is 10.1. The quantitative estimate of drug-likeness (QED) is 0.657. The monoisotopic (exact) mass is 447 g/mol. The lowest BCUT2D eigenvalue weighted by Gasteiger charge is -2.18. The van der Waals surface area contributed by atoms with E-state index in [0.717, 1.165) is 17.3 Å². The van der Waals surface area contributed by atoms with Crippen LogP contribution in [-0.2, 0) is 9.59 Å². The molecule has 3 rings (SSSR count). The number of carbonyl (C=O) groups excluding carboxylic acids is 2. The summed E-state index contributed by atoms with van der Waals surface area (Å²) in [5.74, 6) is 0.0709. The molecular weight excluding hydrogens is 428 g/mol. The molecule has 1 aliphatic rings. The van der Waals surface area contributed by atoms with Crippen molar-refractivity contribution in [3.05, 3.63) is 59.8 Å². The average Bonchev–Trinajstić information content (AvgIpc) is 3.07. The van der Waals surface area contributed by atoms with E-state index in [1.165, 1.54) is 36.2 Å². The fraction of sp³-hybridized carbons (Fsp3) is 0.190. The summed E-state index contributed by atoms with van der Waals surface area (Å²) in [4.78, 5) is 30.5. The maximum atomic E-state index is 13.1. The van der Waals surface area contributed by atoms with Gasteiger partial charge in [-0.25, -0.2) is 4.99 Å². The van der Waals surface area contributed by atoms with E-state index in [2.05, 4.69) is 15.0 Å². The van der Waals surface area contributed by atoms with E-state index in [4.69, 9.17) is 4.74 Å². The summed E-state index contributed by atoms with van der Waals surface area (Å²) in [6.45, 7) is -2.95. The molecule has 0 unspecified atom stereocenters. The molecule has 0 fully saturated rings. The number of hydrogen-bond acceptors (Lipinski definition) is 6. The summed E-state index contributed by atoms with van der Waals surface area (Å²) in [6.07, 6.45) is 1.62. The van der Waals surface area contributed by atoms with Crippen molar-refractivity contribution in [2.24, 2.45) is 4.99 Å². The van der Waals surface area contributed by atoms with Crippen LogP contribution in [0.3, 0.4) is 0 Å². The van der Waals surface area contributed by atoms with Gasteiger partial charge in [-0.3, -0.25) is 14.5 Å². The van der Waals surface area contributed by atoms with Crippen LogP contribution in [0.4, 0.5) is 14.5 Å². The van der Waals surface area contributed by atoms with Gasteiger partial charge in [0.05, 0.1) is 18.6 Å². The Morgan fingerprint density at radius 2 is 1.81 bits per heavy atom. The summed E-state index contributed by atoms with van der Waals surface area (Å²) in [7, 11) is 3.07. The fourth-order valence-corrected chi connectivity index (χ4v) is 3.54. The van der Waals surface area contributed by atoms with Gasteiger partial charge in [0.15, 0.2) is 5.17 Å². The van der Waals surface area contributed by atoms with Crippen LogP contribution in [0.2, 0.25) is 0 Å². The number of aliphatic imine (C=N–C) groups is 1. The highest BCUT2D eigenvalue weighted by molar-refractivity contribution is 8.14. The van der Waals surface area contributed by atoms with Crippen LogP contribution in [0.15, 0.2) is 59.2 Å². The summed E-state index contributed by atoms with van der Waals surface area (Å²) in [6, 6.07) is 12.7. The van der Waals surface area contributed by atoms with E-state index >= 15 is 0 Å². The highest BCUT2D eigenvalue weighted by atomic mass is 32.2. The Kier molecular flexibility index (Phi) is 7.24. The van der Waals surface area contributed by atoms with Crippen molar-refractivity contribution in [3.8, 4) is 11.5 Å². The Hall–Kier alpha value is -3.40. The number of alkyl halides is 2. The minimum atomic E-state index is -2.95. The Labute approximate surface area is 181 Å². The van der Waals surface area contributed by atoms with Crippen LogP contribution in [0.1, 0.15) is 5.56 Å². The van der Waals surface area contributed by atoms with Crippen molar-refractivity contribution in [1.29, 1.82) is 0 Å². The number of nitrogens with zero attached hydrogens (tertiary/aromatic N) is 2. The van der Waals surface area contributed by atoms with Gasteiger partial charge < -0.3 is 14.8 Å². The van der Waals surface area contributed by atoms with Crippen LogP contribution >= 0.6 is 11.8 Å². The van der Waals surface area contributed by atoms with Gasteiger partial charge in [-0.05, 0) is 48.0 Å². The molecule has 0 bridgehead atoms. The van der Waals surface area contributed by atoms with Crippen LogP contribution in [0.25, 0.3) is 6.08 Å².